The fourth-order valence-electron chi connectivity index (χ4n) is 2.19. The highest BCUT2D eigenvalue weighted by molar-refractivity contribution is 9.10. The molecule has 2 rings (SSSR count). The summed E-state index contributed by atoms with van der Waals surface area (Å²) in [5.74, 6) is -1.68. The van der Waals surface area contributed by atoms with Gasteiger partial charge in [0, 0.05) is 4.47 Å². The van der Waals surface area contributed by atoms with Crippen molar-refractivity contribution in [2.24, 2.45) is 0 Å². The van der Waals surface area contributed by atoms with Crippen molar-refractivity contribution in [2.75, 3.05) is 5.75 Å². The number of carbonyl (C=O) groups is 2. The molecule has 1 heterocycles. The molecule has 120 valence electrons. The predicted molar refractivity (Wildman–Crippen MR) is 82.6 cm³/mol. The summed E-state index contributed by atoms with van der Waals surface area (Å²) in [5.41, 5.74) is 0.639. The first kappa shape index (κ1) is 16.9. The Bertz CT molecular complexity index is 674. The minimum atomic E-state index is -3.40. The van der Waals surface area contributed by atoms with Crippen LogP contribution in [-0.4, -0.2) is 37.2 Å². The Morgan fingerprint density at radius 3 is 2.50 bits per heavy atom. The molecule has 3 N–H and O–H groups in total. The first-order valence-electron chi connectivity index (χ1n) is 6.54. The summed E-state index contributed by atoms with van der Waals surface area (Å²) in [5, 5.41) is 11.6. The maximum absolute atomic E-state index is 12.1. The maximum Gasteiger partial charge on any atom is 0.305 e. The zero-order chi connectivity index (χ0) is 16.3. The normalized spacial score (nSPS) is 21.2. The van der Waals surface area contributed by atoms with Gasteiger partial charge in [0.05, 0.1) is 18.2 Å². The molecule has 1 fully saturated rings. The van der Waals surface area contributed by atoms with Gasteiger partial charge in [0.15, 0.2) is 0 Å². The number of hydrogen-bond acceptors (Lipinski definition) is 4. The van der Waals surface area contributed by atoms with Crippen LogP contribution in [0, 0.1) is 0 Å². The van der Waals surface area contributed by atoms with Crippen LogP contribution < -0.4 is 10.0 Å². The Labute approximate surface area is 136 Å². The van der Waals surface area contributed by atoms with Crippen molar-refractivity contribution in [3.63, 3.8) is 0 Å². The quantitative estimate of drug-likeness (QED) is 0.687. The van der Waals surface area contributed by atoms with E-state index in [2.05, 4.69) is 26.0 Å². The number of nitrogens with one attached hydrogen (secondary N) is 2. The third-order valence-corrected chi connectivity index (χ3v) is 5.23. The third kappa shape index (κ3) is 4.52. The van der Waals surface area contributed by atoms with Gasteiger partial charge in [-0.2, -0.15) is 0 Å². The molecule has 1 aromatic rings. The molecule has 1 aliphatic rings. The molecular formula is C13H15BrN2O5S. The van der Waals surface area contributed by atoms with E-state index in [4.69, 9.17) is 5.11 Å². The highest BCUT2D eigenvalue weighted by Gasteiger charge is 2.33. The molecule has 1 aliphatic heterocycles. The van der Waals surface area contributed by atoms with Crippen LogP contribution in [0.1, 0.15) is 24.4 Å². The lowest BCUT2D eigenvalue weighted by Gasteiger charge is -2.19. The summed E-state index contributed by atoms with van der Waals surface area (Å²) in [6.07, 6.45) is -0.110. The highest BCUT2D eigenvalue weighted by Crippen LogP contribution is 2.20. The van der Waals surface area contributed by atoms with Crippen LogP contribution in [0.5, 0.6) is 0 Å². The van der Waals surface area contributed by atoms with Crippen LogP contribution in [0.4, 0.5) is 0 Å². The van der Waals surface area contributed by atoms with Gasteiger partial charge in [-0.25, -0.2) is 13.1 Å². The minimum Gasteiger partial charge on any atom is -0.481 e. The van der Waals surface area contributed by atoms with Gasteiger partial charge in [-0.3, -0.25) is 9.59 Å². The van der Waals surface area contributed by atoms with Crippen molar-refractivity contribution < 1.29 is 23.1 Å². The second kappa shape index (κ2) is 6.76. The molecule has 0 aromatic heterocycles. The molecule has 1 amide bonds. The van der Waals surface area contributed by atoms with Gasteiger partial charge >= 0.3 is 5.97 Å². The largest absolute Gasteiger partial charge is 0.481 e. The topological polar surface area (TPSA) is 113 Å². The van der Waals surface area contributed by atoms with Crippen LogP contribution in [-0.2, 0) is 19.6 Å². The van der Waals surface area contributed by atoms with E-state index in [1.165, 1.54) is 0 Å². The molecule has 0 spiro atoms. The Morgan fingerprint density at radius 1 is 1.36 bits per heavy atom. The van der Waals surface area contributed by atoms with Crippen molar-refractivity contribution in [1.29, 1.82) is 0 Å². The fraction of sp³-hybridized carbons (Fsp3) is 0.385. The van der Waals surface area contributed by atoms with Crippen LogP contribution in [0.2, 0.25) is 0 Å². The van der Waals surface area contributed by atoms with Crippen molar-refractivity contribution in [2.45, 2.75) is 24.9 Å². The molecule has 7 nitrogen and oxygen atoms in total. The van der Waals surface area contributed by atoms with E-state index in [-0.39, 0.29) is 18.6 Å². The van der Waals surface area contributed by atoms with Gasteiger partial charge in [0.2, 0.25) is 15.9 Å². The predicted octanol–water partition coefficient (Wildman–Crippen LogP) is 0.773. The smallest absolute Gasteiger partial charge is 0.305 e. The number of carboxylic acids is 1. The number of rotatable bonds is 5. The summed E-state index contributed by atoms with van der Waals surface area (Å²) >= 11 is 3.28. The van der Waals surface area contributed by atoms with Crippen LogP contribution in [0.3, 0.4) is 0 Å². The van der Waals surface area contributed by atoms with Gasteiger partial charge in [0.1, 0.15) is 6.04 Å². The van der Waals surface area contributed by atoms with Crippen LogP contribution in [0.15, 0.2) is 28.7 Å². The molecule has 2 unspecified atom stereocenters. The van der Waals surface area contributed by atoms with Gasteiger partial charge in [-0.15, -0.1) is 0 Å². The van der Waals surface area contributed by atoms with Gasteiger partial charge in [-0.1, -0.05) is 28.1 Å². The first-order valence-corrected chi connectivity index (χ1v) is 8.99. The molecule has 0 aliphatic carbocycles. The van der Waals surface area contributed by atoms with E-state index < -0.39 is 34.0 Å². The monoisotopic (exact) mass is 390 g/mol. The highest BCUT2D eigenvalue weighted by atomic mass is 79.9. The molecule has 1 aromatic carbocycles. The van der Waals surface area contributed by atoms with Gasteiger partial charge in [0.25, 0.3) is 0 Å². The Hall–Kier alpha value is -1.45. The number of benzene rings is 1. The average molecular weight is 391 g/mol. The SMILES string of the molecule is O=C(O)CC(NC(=O)C1CCS(=O)(=O)N1)c1ccc(Br)cc1. The zero-order valence-electron chi connectivity index (χ0n) is 11.5. The lowest BCUT2D eigenvalue weighted by molar-refractivity contribution is -0.137. The lowest BCUT2D eigenvalue weighted by Crippen LogP contribution is -2.43. The summed E-state index contributed by atoms with van der Waals surface area (Å²) in [6, 6.07) is 5.33. The van der Waals surface area contributed by atoms with E-state index in [0.717, 1.165) is 4.47 Å². The molecule has 1 saturated heterocycles. The maximum atomic E-state index is 12.1. The van der Waals surface area contributed by atoms with E-state index >= 15 is 0 Å². The Balaban J connectivity index is 2.11. The van der Waals surface area contributed by atoms with E-state index in [0.29, 0.717) is 5.56 Å². The van der Waals surface area contributed by atoms with E-state index in [9.17, 15) is 18.0 Å². The Morgan fingerprint density at radius 2 is 2.00 bits per heavy atom. The number of halogens is 1. The van der Waals surface area contributed by atoms with E-state index in [1.807, 2.05) is 0 Å². The molecule has 22 heavy (non-hydrogen) atoms. The summed E-state index contributed by atoms with van der Waals surface area (Å²) in [6.45, 7) is 0. The number of amides is 1. The molecule has 0 radical (unpaired) electrons. The lowest BCUT2D eigenvalue weighted by atomic mass is 10.0. The number of carboxylic acid groups (broad SMARTS) is 1. The standard InChI is InChI=1S/C13H15BrN2O5S/c14-9-3-1-8(2-4-9)11(7-12(17)18)15-13(19)10-5-6-22(20,21)16-10/h1-4,10-11,16H,5-7H2,(H,15,19)(H,17,18). The van der Waals surface area contributed by atoms with Gasteiger partial charge in [-0.05, 0) is 24.1 Å². The average Bonchev–Trinajstić information content (AvgIpc) is 2.79. The molecule has 9 heteroatoms. The van der Waals surface area contributed by atoms with Crippen molar-refractivity contribution in [3.05, 3.63) is 34.3 Å². The fourth-order valence-corrected chi connectivity index (χ4v) is 3.77. The second-order valence-electron chi connectivity index (χ2n) is 4.99. The van der Waals surface area contributed by atoms with Crippen LogP contribution in [0.25, 0.3) is 0 Å². The van der Waals surface area contributed by atoms with Crippen molar-refractivity contribution in [3.8, 4) is 0 Å². The minimum absolute atomic E-state index is 0.104. The molecule has 2 atom stereocenters. The summed E-state index contributed by atoms with van der Waals surface area (Å²) in [7, 11) is -3.40. The molecule has 0 bridgehead atoms. The zero-order valence-corrected chi connectivity index (χ0v) is 13.9. The number of aliphatic carboxylic acids is 1. The first-order chi connectivity index (χ1) is 10.3. The van der Waals surface area contributed by atoms with Crippen LogP contribution >= 0.6 is 15.9 Å². The Kier molecular flexibility index (Phi) is 5.20. The van der Waals surface area contributed by atoms with E-state index in [1.54, 1.807) is 24.3 Å². The van der Waals surface area contributed by atoms with Crippen molar-refractivity contribution in [1.82, 2.24) is 10.0 Å². The second-order valence-corrected chi connectivity index (χ2v) is 7.78. The number of sulfonamides is 1. The molecule has 0 saturated carbocycles. The third-order valence-electron chi connectivity index (χ3n) is 3.28. The summed E-state index contributed by atoms with van der Waals surface area (Å²) in [4.78, 5) is 23.1. The number of carbonyl (C=O) groups excluding carboxylic acids is 1. The molecular weight excluding hydrogens is 376 g/mol. The summed E-state index contributed by atoms with van der Waals surface area (Å²) < 4.78 is 25.7. The van der Waals surface area contributed by atoms with Gasteiger partial charge < -0.3 is 10.4 Å². The van der Waals surface area contributed by atoms with Crippen molar-refractivity contribution >= 4 is 37.8 Å². The number of hydrogen-bond donors (Lipinski definition) is 3.